The Kier molecular flexibility index (Phi) is 3.65. The second-order valence-electron chi connectivity index (χ2n) is 6.44. The highest BCUT2D eigenvalue weighted by Gasteiger charge is 2.33. The Morgan fingerprint density at radius 2 is 1.50 bits per heavy atom. The van der Waals surface area contributed by atoms with E-state index in [0.717, 1.165) is 23.1 Å². The first-order valence-corrected chi connectivity index (χ1v) is 8.23. The van der Waals surface area contributed by atoms with Crippen LogP contribution in [0.25, 0.3) is 27.8 Å². The van der Waals surface area contributed by atoms with Crippen LogP contribution in [-0.2, 0) is 6.42 Å². The molecule has 1 aliphatic rings. The summed E-state index contributed by atoms with van der Waals surface area (Å²) in [7, 11) is 0. The minimum Gasteiger partial charge on any atom is -0.398 e. The van der Waals surface area contributed by atoms with E-state index in [4.69, 9.17) is 5.73 Å². The summed E-state index contributed by atoms with van der Waals surface area (Å²) < 4.78 is 39.1. The minimum absolute atomic E-state index is 0.0369. The molecule has 26 heavy (non-hydrogen) atoms. The standard InChI is InChI=1S/C22H16F3N/c1-13(22(23,24)25)14-9-10-21(26)20(11-14)18-8-4-7-17-16-6-3-2-5-15(16)12-19(17)18/h2-11H,1,12,26H2. The molecule has 130 valence electrons. The van der Waals surface area contributed by atoms with E-state index in [-0.39, 0.29) is 5.56 Å². The lowest BCUT2D eigenvalue weighted by molar-refractivity contribution is -0.0686. The van der Waals surface area contributed by atoms with E-state index in [9.17, 15) is 13.2 Å². The summed E-state index contributed by atoms with van der Waals surface area (Å²) in [5, 5.41) is 0. The van der Waals surface area contributed by atoms with Crippen molar-refractivity contribution in [2.45, 2.75) is 12.6 Å². The summed E-state index contributed by atoms with van der Waals surface area (Å²) in [4.78, 5) is 0. The number of hydrogen-bond donors (Lipinski definition) is 1. The number of nitrogens with two attached hydrogens (primary N) is 1. The van der Waals surface area contributed by atoms with E-state index in [1.807, 2.05) is 30.3 Å². The Labute approximate surface area is 149 Å². The fourth-order valence-electron chi connectivity index (χ4n) is 3.55. The van der Waals surface area contributed by atoms with Crippen molar-refractivity contribution >= 4 is 11.3 Å². The number of benzene rings is 3. The lowest BCUT2D eigenvalue weighted by Crippen LogP contribution is -2.09. The SMILES string of the molecule is C=C(c1ccc(N)c(-c2cccc3c2Cc2ccccc2-3)c1)C(F)(F)F. The molecule has 4 heteroatoms. The average Bonchev–Trinajstić information content (AvgIpc) is 3.00. The van der Waals surface area contributed by atoms with Crippen molar-refractivity contribution < 1.29 is 13.2 Å². The number of anilines is 1. The fraction of sp³-hybridized carbons (Fsp3) is 0.0909. The number of nitrogen functional groups attached to an aromatic ring is 1. The predicted molar refractivity (Wildman–Crippen MR) is 99.6 cm³/mol. The lowest BCUT2D eigenvalue weighted by atomic mass is 9.92. The van der Waals surface area contributed by atoms with Gasteiger partial charge in [-0.25, -0.2) is 0 Å². The maximum absolute atomic E-state index is 13.0. The maximum Gasteiger partial charge on any atom is 0.416 e. The molecule has 0 saturated heterocycles. The molecular formula is C22H16F3N. The molecule has 0 aliphatic heterocycles. The molecule has 3 aromatic rings. The second kappa shape index (κ2) is 5.77. The van der Waals surface area contributed by atoms with E-state index in [1.54, 1.807) is 0 Å². The Hall–Kier alpha value is -3.01. The molecule has 1 aliphatic carbocycles. The third-order valence-electron chi connectivity index (χ3n) is 4.88. The van der Waals surface area contributed by atoms with Crippen LogP contribution in [0.3, 0.4) is 0 Å². The maximum atomic E-state index is 13.0. The molecule has 0 fully saturated rings. The van der Waals surface area contributed by atoms with Crippen molar-refractivity contribution in [3.63, 3.8) is 0 Å². The first-order chi connectivity index (χ1) is 12.4. The van der Waals surface area contributed by atoms with Crippen LogP contribution in [0.4, 0.5) is 18.9 Å². The van der Waals surface area contributed by atoms with Crippen LogP contribution in [0.5, 0.6) is 0 Å². The van der Waals surface area contributed by atoms with Gasteiger partial charge in [0, 0.05) is 11.3 Å². The Bertz CT molecular complexity index is 1030. The van der Waals surface area contributed by atoms with Gasteiger partial charge in [-0.3, -0.25) is 0 Å². The molecule has 0 spiro atoms. The average molecular weight is 351 g/mol. The zero-order chi connectivity index (χ0) is 18.5. The first kappa shape index (κ1) is 16.5. The molecule has 0 unspecified atom stereocenters. The van der Waals surface area contributed by atoms with Gasteiger partial charge in [-0.2, -0.15) is 13.2 Å². The van der Waals surface area contributed by atoms with Gasteiger partial charge in [-0.05, 0) is 51.9 Å². The summed E-state index contributed by atoms with van der Waals surface area (Å²) in [5.41, 5.74) is 11.8. The Morgan fingerprint density at radius 1 is 0.846 bits per heavy atom. The van der Waals surface area contributed by atoms with Crippen LogP contribution in [0, 0.1) is 0 Å². The smallest absolute Gasteiger partial charge is 0.398 e. The van der Waals surface area contributed by atoms with E-state index in [2.05, 4.69) is 18.7 Å². The monoisotopic (exact) mass is 351 g/mol. The summed E-state index contributed by atoms with van der Waals surface area (Å²) in [6.45, 7) is 3.20. The zero-order valence-corrected chi connectivity index (χ0v) is 13.9. The van der Waals surface area contributed by atoms with E-state index < -0.39 is 11.7 Å². The highest BCUT2D eigenvalue weighted by molar-refractivity contribution is 5.89. The lowest BCUT2D eigenvalue weighted by Gasteiger charge is -2.15. The quantitative estimate of drug-likeness (QED) is 0.435. The number of fused-ring (bicyclic) bond motifs is 3. The number of halogens is 3. The highest BCUT2D eigenvalue weighted by atomic mass is 19.4. The van der Waals surface area contributed by atoms with Crippen molar-refractivity contribution in [2.75, 3.05) is 5.73 Å². The predicted octanol–water partition coefficient (Wildman–Crippen LogP) is 6.08. The van der Waals surface area contributed by atoms with Crippen molar-refractivity contribution in [1.82, 2.24) is 0 Å². The molecule has 0 saturated carbocycles. The largest absolute Gasteiger partial charge is 0.416 e. The van der Waals surface area contributed by atoms with Crippen molar-refractivity contribution in [3.8, 4) is 22.3 Å². The van der Waals surface area contributed by atoms with Gasteiger partial charge in [-0.1, -0.05) is 55.1 Å². The summed E-state index contributed by atoms with van der Waals surface area (Å²) in [5.74, 6) is 0. The Morgan fingerprint density at radius 3 is 2.23 bits per heavy atom. The fourth-order valence-corrected chi connectivity index (χ4v) is 3.55. The first-order valence-electron chi connectivity index (χ1n) is 8.23. The van der Waals surface area contributed by atoms with Crippen LogP contribution < -0.4 is 5.73 Å². The number of allylic oxidation sites excluding steroid dienone is 1. The van der Waals surface area contributed by atoms with Gasteiger partial charge >= 0.3 is 6.18 Å². The number of rotatable bonds is 2. The topological polar surface area (TPSA) is 26.0 Å². The van der Waals surface area contributed by atoms with E-state index in [0.29, 0.717) is 11.3 Å². The molecular weight excluding hydrogens is 335 g/mol. The minimum atomic E-state index is -4.47. The van der Waals surface area contributed by atoms with E-state index in [1.165, 1.54) is 29.3 Å². The molecule has 0 radical (unpaired) electrons. The van der Waals surface area contributed by atoms with Crippen LogP contribution in [0.15, 0.2) is 67.2 Å². The van der Waals surface area contributed by atoms with Gasteiger partial charge in [0.1, 0.15) is 0 Å². The molecule has 4 rings (SSSR count). The van der Waals surface area contributed by atoms with Gasteiger partial charge in [0.2, 0.25) is 0 Å². The normalized spacial score (nSPS) is 12.6. The third kappa shape index (κ3) is 2.58. The summed E-state index contributed by atoms with van der Waals surface area (Å²) >= 11 is 0. The number of hydrogen-bond acceptors (Lipinski definition) is 1. The molecule has 2 N–H and O–H groups in total. The van der Waals surface area contributed by atoms with Gasteiger partial charge in [-0.15, -0.1) is 0 Å². The van der Waals surface area contributed by atoms with Crippen molar-refractivity contribution in [2.24, 2.45) is 0 Å². The molecule has 0 amide bonds. The van der Waals surface area contributed by atoms with Crippen LogP contribution in [-0.4, -0.2) is 6.18 Å². The number of alkyl halides is 3. The highest BCUT2D eigenvalue weighted by Crippen LogP contribution is 2.43. The molecule has 0 bridgehead atoms. The Balaban J connectivity index is 1.87. The molecule has 3 aromatic carbocycles. The van der Waals surface area contributed by atoms with Crippen molar-refractivity contribution in [3.05, 3.63) is 83.9 Å². The summed E-state index contributed by atoms with van der Waals surface area (Å²) in [6.07, 6.45) is -3.73. The van der Waals surface area contributed by atoms with Gasteiger partial charge in [0.15, 0.2) is 0 Å². The molecule has 0 atom stereocenters. The molecule has 0 aromatic heterocycles. The van der Waals surface area contributed by atoms with E-state index >= 15 is 0 Å². The van der Waals surface area contributed by atoms with Crippen molar-refractivity contribution in [1.29, 1.82) is 0 Å². The molecule has 0 heterocycles. The third-order valence-corrected chi connectivity index (χ3v) is 4.88. The van der Waals surface area contributed by atoms with Crippen LogP contribution >= 0.6 is 0 Å². The second-order valence-corrected chi connectivity index (χ2v) is 6.44. The van der Waals surface area contributed by atoms with Gasteiger partial charge < -0.3 is 5.73 Å². The zero-order valence-electron chi connectivity index (χ0n) is 13.9. The van der Waals surface area contributed by atoms with Gasteiger partial charge in [0.05, 0.1) is 5.57 Å². The van der Waals surface area contributed by atoms with Gasteiger partial charge in [0.25, 0.3) is 0 Å². The van der Waals surface area contributed by atoms with Crippen LogP contribution in [0.2, 0.25) is 0 Å². The molecule has 1 nitrogen and oxygen atoms in total. The summed E-state index contributed by atoms with van der Waals surface area (Å²) in [6, 6.07) is 18.4. The van der Waals surface area contributed by atoms with Crippen LogP contribution in [0.1, 0.15) is 16.7 Å².